The van der Waals surface area contributed by atoms with Crippen LogP contribution >= 0.6 is 0 Å². The minimum absolute atomic E-state index is 0.274. The normalized spacial score (nSPS) is 11.8. The number of hydrogen-bond acceptors (Lipinski definition) is 4. The van der Waals surface area contributed by atoms with Gasteiger partial charge in [-0.25, -0.2) is 9.67 Å². The zero-order chi connectivity index (χ0) is 21.1. The number of methoxy groups -OCH3 is 1. The Balaban J connectivity index is 1.67. The number of benzene rings is 2. The molecule has 1 N–H and O–H groups in total. The van der Waals surface area contributed by atoms with Gasteiger partial charge in [0.15, 0.2) is 5.69 Å². The minimum atomic E-state index is -0.449. The molecule has 0 aliphatic carbocycles. The fourth-order valence-electron chi connectivity index (χ4n) is 3.39. The van der Waals surface area contributed by atoms with Crippen LogP contribution in [-0.2, 0) is 7.05 Å². The molecule has 0 bridgehead atoms. The highest BCUT2D eigenvalue weighted by atomic mass is 16.5. The summed E-state index contributed by atoms with van der Waals surface area (Å²) < 4.78 is 9.00. The molecule has 152 valence electrons. The van der Waals surface area contributed by atoms with E-state index in [1.807, 2.05) is 79.3 Å². The Morgan fingerprint density at radius 1 is 1.10 bits per heavy atom. The summed E-state index contributed by atoms with van der Waals surface area (Å²) in [6.07, 6.45) is 3.56. The van der Waals surface area contributed by atoms with Crippen molar-refractivity contribution in [2.24, 2.45) is 7.05 Å². The van der Waals surface area contributed by atoms with Crippen molar-refractivity contribution in [3.63, 3.8) is 0 Å². The molecular formula is C23H23N5O2. The summed E-state index contributed by atoms with van der Waals surface area (Å²) in [5.41, 5.74) is 3.00. The van der Waals surface area contributed by atoms with Crippen LogP contribution in [0.25, 0.3) is 5.69 Å². The van der Waals surface area contributed by atoms with Crippen LogP contribution in [0.3, 0.4) is 0 Å². The van der Waals surface area contributed by atoms with E-state index >= 15 is 0 Å². The number of nitrogens with zero attached hydrogens (tertiary/aromatic N) is 4. The fraction of sp³-hybridized carbons (Fsp3) is 0.174. The van der Waals surface area contributed by atoms with Gasteiger partial charge in [-0.05, 0) is 42.8 Å². The van der Waals surface area contributed by atoms with Gasteiger partial charge in [-0.1, -0.05) is 30.3 Å². The fourth-order valence-corrected chi connectivity index (χ4v) is 3.39. The third-order valence-corrected chi connectivity index (χ3v) is 4.94. The first-order valence-corrected chi connectivity index (χ1v) is 9.61. The number of ether oxygens (including phenoxy) is 1. The molecule has 2 aromatic heterocycles. The average Bonchev–Trinajstić information content (AvgIpc) is 3.38. The highest BCUT2D eigenvalue weighted by molar-refractivity contribution is 5.93. The topological polar surface area (TPSA) is 74.0 Å². The molecule has 1 atom stereocenters. The molecule has 4 rings (SSSR count). The van der Waals surface area contributed by atoms with E-state index in [4.69, 9.17) is 4.74 Å². The summed E-state index contributed by atoms with van der Waals surface area (Å²) in [7, 11) is 3.52. The first-order valence-electron chi connectivity index (χ1n) is 9.61. The van der Waals surface area contributed by atoms with Crippen LogP contribution in [-0.4, -0.2) is 32.3 Å². The van der Waals surface area contributed by atoms with Crippen LogP contribution in [0.1, 0.15) is 33.6 Å². The molecule has 0 aliphatic heterocycles. The highest BCUT2D eigenvalue weighted by Crippen LogP contribution is 2.24. The van der Waals surface area contributed by atoms with Crippen molar-refractivity contribution in [1.82, 2.24) is 24.6 Å². The Morgan fingerprint density at radius 3 is 2.60 bits per heavy atom. The van der Waals surface area contributed by atoms with Gasteiger partial charge in [0.1, 0.15) is 17.6 Å². The van der Waals surface area contributed by atoms with Gasteiger partial charge in [-0.2, -0.15) is 5.10 Å². The van der Waals surface area contributed by atoms with Crippen molar-refractivity contribution in [3.05, 3.63) is 95.8 Å². The monoisotopic (exact) mass is 401 g/mol. The number of nitrogens with one attached hydrogen (secondary N) is 1. The zero-order valence-corrected chi connectivity index (χ0v) is 17.1. The van der Waals surface area contributed by atoms with E-state index < -0.39 is 6.04 Å². The lowest BCUT2D eigenvalue weighted by atomic mass is 10.1. The number of aryl methyl sites for hydroxylation is 2. The van der Waals surface area contributed by atoms with Crippen molar-refractivity contribution in [2.45, 2.75) is 13.0 Å². The largest absolute Gasteiger partial charge is 0.497 e. The lowest BCUT2D eigenvalue weighted by molar-refractivity contribution is 0.0935. The number of carbonyl (C=O) groups excluding carboxylic acids is 1. The average molecular weight is 401 g/mol. The molecule has 2 aromatic carbocycles. The minimum Gasteiger partial charge on any atom is -0.497 e. The lowest BCUT2D eigenvalue weighted by Gasteiger charge is -2.19. The number of para-hydroxylation sites is 1. The molecule has 2 heterocycles. The van der Waals surface area contributed by atoms with Gasteiger partial charge in [0.05, 0.1) is 12.8 Å². The van der Waals surface area contributed by atoms with Gasteiger partial charge < -0.3 is 14.6 Å². The number of hydrogen-bond donors (Lipinski definition) is 1. The Morgan fingerprint density at radius 2 is 1.90 bits per heavy atom. The summed E-state index contributed by atoms with van der Waals surface area (Å²) in [6.45, 7) is 1.93. The number of rotatable bonds is 6. The van der Waals surface area contributed by atoms with Crippen molar-refractivity contribution < 1.29 is 9.53 Å². The predicted octanol–water partition coefficient (Wildman–Crippen LogP) is 3.44. The third-order valence-electron chi connectivity index (χ3n) is 4.94. The maximum Gasteiger partial charge on any atom is 0.272 e. The van der Waals surface area contributed by atoms with E-state index in [0.717, 1.165) is 22.8 Å². The second kappa shape index (κ2) is 8.24. The van der Waals surface area contributed by atoms with Gasteiger partial charge in [-0.3, -0.25) is 4.79 Å². The van der Waals surface area contributed by atoms with E-state index in [0.29, 0.717) is 11.4 Å². The molecule has 7 heteroatoms. The Bertz CT molecular complexity index is 1160. The summed E-state index contributed by atoms with van der Waals surface area (Å²) in [5, 5.41) is 7.60. The van der Waals surface area contributed by atoms with E-state index in [2.05, 4.69) is 15.4 Å². The molecule has 4 aromatic rings. The molecule has 0 aliphatic rings. The molecule has 0 radical (unpaired) electrons. The van der Waals surface area contributed by atoms with Crippen LogP contribution in [0.2, 0.25) is 0 Å². The molecule has 0 spiro atoms. The number of imidazole rings is 1. The number of carbonyl (C=O) groups is 1. The number of aromatic nitrogens is 4. The second-order valence-corrected chi connectivity index (χ2v) is 7.00. The van der Waals surface area contributed by atoms with Crippen molar-refractivity contribution in [3.8, 4) is 11.4 Å². The summed E-state index contributed by atoms with van der Waals surface area (Å²) >= 11 is 0. The zero-order valence-electron chi connectivity index (χ0n) is 17.1. The first-order chi connectivity index (χ1) is 14.6. The van der Waals surface area contributed by atoms with E-state index in [-0.39, 0.29) is 5.91 Å². The van der Waals surface area contributed by atoms with Crippen molar-refractivity contribution in [2.75, 3.05) is 7.11 Å². The van der Waals surface area contributed by atoms with Gasteiger partial charge in [0, 0.05) is 25.1 Å². The van der Waals surface area contributed by atoms with Crippen LogP contribution in [0.15, 0.2) is 73.1 Å². The predicted molar refractivity (Wildman–Crippen MR) is 114 cm³/mol. The quantitative estimate of drug-likeness (QED) is 0.537. The summed E-state index contributed by atoms with van der Waals surface area (Å²) in [6, 6.07) is 18.7. The van der Waals surface area contributed by atoms with Crippen LogP contribution in [0.4, 0.5) is 0 Å². The van der Waals surface area contributed by atoms with Crippen molar-refractivity contribution >= 4 is 5.91 Å². The lowest BCUT2D eigenvalue weighted by Crippen LogP contribution is -2.31. The maximum atomic E-state index is 13.1. The second-order valence-electron chi connectivity index (χ2n) is 7.00. The first kappa shape index (κ1) is 19.4. The van der Waals surface area contributed by atoms with E-state index in [1.165, 1.54) is 0 Å². The summed E-state index contributed by atoms with van der Waals surface area (Å²) in [4.78, 5) is 17.6. The third kappa shape index (κ3) is 3.82. The molecular weight excluding hydrogens is 378 g/mol. The van der Waals surface area contributed by atoms with Crippen LogP contribution in [0.5, 0.6) is 5.75 Å². The smallest absolute Gasteiger partial charge is 0.272 e. The van der Waals surface area contributed by atoms with Crippen LogP contribution in [0, 0.1) is 6.92 Å². The Labute approximate surface area is 174 Å². The molecule has 30 heavy (non-hydrogen) atoms. The molecule has 1 amide bonds. The Kier molecular flexibility index (Phi) is 5.34. The SMILES string of the molecule is COc1cccc(C(NC(=O)c2cc(C)n(-c3ccccc3)n2)c2nccn2C)c1. The number of amides is 1. The molecule has 0 fully saturated rings. The molecule has 0 saturated carbocycles. The maximum absolute atomic E-state index is 13.1. The van der Waals surface area contributed by atoms with E-state index in [1.54, 1.807) is 24.1 Å². The summed E-state index contributed by atoms with van der Waals surface area (Å²) in [5.74, 6) is 1.16. The van der Waals surface area contributed by atoms with Gasteiger partial charge >= 0.3 is 0 Å². The molecule has 1 unspecified atom stereocenters. The standard InChI is InChI=1S/C23H23N5O2/c1-16-14-20(26-28(16)18-9-5-4-6-10-18)23(29)25-21(22-24-12-13-27(22)2)17-8-7-11-19(15-17)30-3/h4-15,21H,1-3H3,(H,25,29). The van der Waals surface area contributed by atoms with Crippen molar-refractivity contribution in [1.29, 1.82) is 0 Å². The Hall–Kier alpha value is -3.87. The molecule has 7 nitrogen and oxygen atoms in total. The van der Waals surface area contributed by atoms with Crippen LogP contribution < -0.4 is 10.1 Å². The van der Waals surface area contributed by atoms with Gasteiger partial charge in [0.2, 0.25) is 0 Å². The highest BCUT2D eigenvalue weighted by Gasteiger charge is 2.23. The van der Waals surface area contributed by atoms with E-state index in [9.17, 15) is 4.79 Å². The van der Waals surface area contributed by atoms with Gasteiger partial charge in [-0.15, -0.1) is 0 Å². The molecule has 0 saturated heterocycles. The van der Waals surface area contributed by atoms with Gasteiger partial charge in [0.25, 0.3) is 5.91 Å².